The zero-order valence-electron chi connectivity index (χ0n) is 17.6. The normalized spacial score (nSPS) is 16.7. The van der Waals surface area contributed by atoms with Crippen molar-refractivity contribution in [3.63, 3.8) is 0 Å². The predicted octanol–water partition coefficient (Wildman–Crippen LogP) is 3.11. The lowest BCUT2D eigenvalue weighted by atomic mass is 10.00. The molecular formula is C23H28N2O5S. The number of hydrogen-bond acceptors (Lipinski definition) is 5. The molecule has 1 aliphatic rings. The highest BCUT2D eigenvalue weighted by Crippen LogP contribution is 2.20. The molecule has 8 heteroatoms. The fourth-order valence-electron chi connectivity index (χ4n) is 3.69. The second kappa shape index (κ2) is 10.5. The molecule has 1 saturated heterocycles. The number of nitrogens with one attached hydrogen (secondary N) is 1. The number of hydrogen-bond donors (Lipinski definition) is 1. The Balaban J connectivity index is 1.61. The van der Waals surface area contributed by atoms with Crippen LogP contribution in [-0.4, -0.2) is 44.4 Å². The zero-order valence-corrected chi connectivity index (χ0v) is 18.4. The molecule has 0 bridgehead atoms. The standard InChI is InChI=1S/C23H28N2O5S/c1-2-20-12-6-7-14-25(20)22(26)17-30-23(27)19-11-8-13-21(15-19)31(28,29)24-16-18-9-4-3-5-10-18/h3-5,8-11,13,15,20,24H,2,6-7,12,14,16-17H2,1H3. The third kappa shape index (κ3) is 6.15. The van der Waals surface area contributed by atoms with Gasteiger partial charge in [-0.15, -0.1) is 0 Å². The van der Waals surface area contributed by atoms with Gasteiger partial charge in [-0.1, -0.05) is 43.3 Å². The van der Waals surface area contributed by atoms with Gasteiger partial charge in [0, 0.05) is 19.1 Å². The van der Waals surface area contributed by atoms with E-state index in [4.69, 9.17) is 4.74 Å². The van der Waals surface area contributed by atoms with E-state index < -0.39 is 16.0 Å². The molecule has 7 nitrogen and oxygen atoms in total. The van der Waals surface area contributed by atoms with E-state index in [9.17, 15) is 18.0 Å². The Bertz CT molecular complexity index is 1010. The Morgan fingerprint density at radius 1 is 1.10 bits per heavy atom. The van der Waals surface area contributed by atoms with Crippen molar-refractivity contribution in [1.82, 2.24) is 9.62 Å². The molecule has 1 amide bonds. The average Bonchev–Trinajstić information content (AvgIpc) is 2.81. The van der Waals surface area contributed by atoms with Gasteiger partial charge in [-0.2, -0.15) is 0 Å². The molecule has 166 valence electrons. The van der Waals surface area contributed by atoms with Gasteiger partial charge in [-0.25, -0.2) is 17.9 Å². The number of benzene rings is 2. The van der Waals surface area contributed by atoms with E-state index in [1.165, 1.54) is 24.3 Å². The van der Waals surface area contributed by atoms with Crippen molar-refractivity contribution < 1.29 is 22.7 Å². The van der Waals surface area contributed by atoms with Crippen LogP contribution >= 0.6 is 0 Å². The van der Waals surface area contributed by atoms with Gasteiger partial charge in [-0.3, -0.25) is 4.79 Å². The van der Waals surface area contributed by atoms with Crippen LogP contribution in [0.4, 0.5) is 0 Å². The first-order chi connectivity index (χ1) is 14.9. The summed E-state index contributed by atoms with van der Waals surface area (Å²) in [5, 5.41) is 0. The number of carbonyl (C=O) groups is 2. The highest BCUT2D eigenvalue weighted by atomic mass is 32.2. The topological polar surface area (TPSA) is 92.8 Å². The summed E-state index contributed by atoms with van der Waals surface area (Å²) >= 11 is 0. The number of amides is 1. The monoisotopic (exact) mass is 444 g/mol. The summed E-state index contributed by atoms with van der Waals surface area (Å²) in [5.74, 6) is -0.938. The number of ether oxygens (including phenoxy) is 1. The maximum absolute atomic E-state index is 12.6. The summed E-state index contributed by atoms with van der Waals surface area (Å²) in [6.07, 6.45) is 3.88. The third-order valence-corrected chi connectivity index (χ3v) is 6.83. The number of nitrogens with zero attached hydrogens (tertiary/aromatic N) is 1. The van der Waals surface area contributed by atoms with Crippen LogP contribution in [0.1, 0.15) is 48.5 Å². The summed E-state index contributed by atoms with van der Waals surface area (Å²) in [5.41, 5.74) is 0.907. The summed E-state index contributed by atoms with van der Waals surface area (Å²) in [6.45, 7) is 2.51. The molecule has 3 rings (SSSR count). The first-order valence-corrected chi connectivity index (χ1v) is 12.0. The van der Waals surface area contributed by atoms with Crippen LogP contribution in [-0.2, 0) is 26.1 Å². The van der Waals surface area contributed by atoms with Gasteiger partial charge < -0.3 is 9.64 Å². The van der Waals surface area contributed by atoms with Gasteiger partial charge in [0.1, 0.15) is 0 Å². The van der Waals surface area contributed by atoms with Crippen LogP contribution in [0.5, 0.6) is 0 Å². The van der Waals surface area contributed by atoms with Gasteiger partial charge in [0.15, 0.2) is 6.61 Å². The molecule has 0 saturated carbocycles. The Labute approximate surface area is 183 Å². The second-order valence-electron chi connectivity index (χ2n) is 7.56. The van der Waals surface area contributed by atoms with Crippen molar-refractivity contribution in [2.45, 2.75) is 50.1 Å². The zero-order chi connectivity index (χ0) is 22.3. The molecule has 1 unspecified atom stereocenters. The number of rotatable bonds is 8. The molecular weight excluding hydrogens is 416 g/mol. The number of piperidine rings is 1. The number of esters is 1. The Kier molecular flexibility index (Phi) is 7.81. The van der Waals surface area contributed by atoms with Crippen molar-refractivity contribution in [3.05, 3.63) is 65.7 Å². The Morgan fingerprint density at radius 3 is 2.61 bits per heavy atom. The first kappa shape index (κ1) is 23.0. The van der Waals surface area contributed by atoms with E-state index in [1.807, 2.05) is 37.3 Å². The second-order valence-corrected chi connectivity index (χ2v) is 9.33. The van der Waals surface area contributed by atoms with Crippen LogP contribution in [0.2, 0.25) is 0 Å². The SMILES string of the molecule is CCC1CCCCN1C(=O)COC(=O)c1cccc(S(=O)(=O)NCc2ccccc2)c1. The van der Waals surface area contributed by atoms with Crippen molar-refractivity contribution in [2.24, 2.45) is 0 Å². The van der Waals surface area contributed by atoms with E-state index in [1.54, 1.807) is 4.90 Å². The molecule has 1 heterocycles. The van der Waals surface area contributed by atoms with Gasteiger partial charge in [0.05, 0.1) is 10.5 Å². The largest absolute Gasteiger partial charge is 0.452 e. The Hall–Kier alpha value is -2.71. The van der Waals surface area contributed by atoms with Crippen LogP contribution < -0.4 is 4.72 Å². The molecule has 1 atom stereocenters. The summed E-state index contributed by atoms with van der Waals surface area (Å²) in [6, 6.07) is 15.0. The summed E-state index contributed by atoms with van der Waals surface area (Å²) in [4.78, 5) is 26.7. The molecule has 0 aliphatic carbocycles. The number of carbonyl (C=O) groups excluding carboxylic acids is 2. The van der Waals surface area contributed by atoms with Gasteiger partial charge in [-0.05, 0) is 49.4 Å². The highest BCUT2D eigenvalue weighted by Gasteiger charge is 2.26. The predicted molar refractivity (Wildman–Crippen MR) is 117 cm³/mol. The molecule has 1 aliphatic heterocycles. The number of likely N-dealkylation sites (tertiary alicyclic amines) is 1. The maximum Gasteiger partial charge on any atom is 0.338 e. The van der Waals surface area contributed by atoms with E-state index in [0.29, 0.717) is 6.54 Å². The van der Waals surface area contributed by atoms with Crippen LogP contribution in [0.25, 0.3) is 0 Å². The van der Waals surface area contributed by atoms with Crippen molar-refractivity contribution in [1.29, 1.82) is 0 Å². The summed E-state index contributed by atoms with van der Waals surface area (Å²) < 4.78 is 32.9. The van der Waals surface area contributed by atoms with Crippen molar-refractivity contribution in [3.8, 4) is 0 Å². The van der Waals surface area contributed by atoms with Gasteiger partial charge >= 0.3 is 5.97 Å². The maximum atomic E-state index is 12.6. The lowest BCUT2D eigenvalue weighted by Crippen LogP contribution is -2.45. The smallest absolute Gasteiger partial charge is 0.338 e. The van der Waals surface area contributed by atoms with Gasteiger partial charge in [0.2, 0.25) is 10.0 Å². The van der Waals surface area contributed by atoms with Crippen molar-refractivity contribution in [2.75, 3.05) is 13.2 Å². The molecule has 2 aromatic rings. The molecule has 0 spiro atoms. The lowest BCUT2D eigenvalue weighted by Gasteiger charge is -2.35. The minimum absolute atomic E-state index is 0.0358. The quantitative estimate of drug-likeness (QED) is 0.632. The average molecular weight is 445 g/mol. The van der Waals surface area contributed by atoms with Crippen LogP contribution in [0.15, 0.2) is 59.5 Å². The first-order valence-electron chi connectivity index (χ1n) is 10.5. The van der Waals surface area contributed by atoms with E-state index >= 15 is 0 Å². The minimum Gasteiger partial charge on any atom is -0.452 e. The molecule has 0 aromatic heterocycles. The lowest BCUT2D eigenvalue weighted by molar-refractivity contribution is -0.138. The fraction of sp³-hybridized carbons (Fsp3) is 0.391. The Morgan fingerprint density at radius 2 is 1.87 bits per heavy atom. The molecule has 31 heavy (non-hydrogen) atoms. The van der Waals surface area contributed by atoms with Crippen LogP contribution in [0.3, 0.4) is 0 Å². The minimum atomic E-state index is -3.81. The van der Waals surface area contributed by atoms with Crippen molar-refractivity contribution >= 4 is 21.9 Å². The molecule has 2 aromatic carbocycles. The molecule has 1 N–H and O–H groups in total. The fourth-order valence-corrected chi connectivity index (χ4v) is 4.76. The number of sulfonamides is 1. The summed E-state index contributed by atoms with van der Waals surface area (Å²) in [7, 11) is -3.81. The van der Waals surface area contributed by atoms with Crippen LogP contribution in [0, 0.1) is 0 Å². The highest BCUT2D eigenvalue weighted by molar-refractivity contribution is 7.89. The van der Waals surface area contributed by atoms with E-state index in [-0.39, 0.29) is 35.6 Å². The molecule has 0 radical (unpaired) electrons. The third-order valence-electron chi connectivity index (χ3n) is 5.43. The van der Waals surface area contributed by atoms with E-state index in [0.717, 1.165) is 31.2 Å². The molecule has 1 fully saturated rings. The van der Waals surface area contributed by atoms with Gasteiger partial charge in [0.25, 0.3) is 5.91 Å². The van der Waals surface area contributed by atoms with E-state index in [2.05, 4.69) is 4.72 Å².